The molecule has 1 fully saturated rings. The molecule has 14 heteroatoms. The van der Waals surface area contributed by atoms with Gasteiger partial charge in [0, 0.05) is 6.42 Å². The van der Waals surface area contributed by atoms with Gasteiger partial charge in [0.1, 0.15) is 12.1 Å². The molecule has 1 aliphatic heterocycles. The lowest BCUT2D eigenvalue weighted by molar-refractivity contribution is -0.342. The molecule has 1 saturated heterocycles. The SMILES string of the molecule is C[C@H]1O[C@@](O)(Cl)C[C@H](NC(=O)C(F)(F)F)[C@]1(O)OC(=O)C(F)(F)F. The average Bonchev–Trinajstić information content (AvgIpc) is 2.32. The highest BCUT2D eigenvalue weighted by Gasteiger charge is 2.60. The van der Waals surface area contributed by atoms with E-state index in [9.17, 15) is 46.1 Å². The van der Waals surface area contributed by atoms with Crippen LogP contribution in [0.3, 0.4) is 0 Å². The molecule has 4 atom stereocenters. The molecule has 0 aromatic rings. The van der Waals surface area contributed by atoms with Crippen molar-refractivity contribution in [2.75, 3.05) is 0 Å². The summed E-state index contributed by atoms with van der Waals surface area (Å²) < 4.78 is 81.9. The van der Waals surface area contributed by atoms with E-state index in [1.165, 1.54) is 0 Å². The number of amides is 1. The number of carbonyl (C=O) groups excluding carboxylic acids is 2. The molecule has 140 valence electrons. The van der Waals surface area contributed by atoms with E-state index < -0.39 is 53.8 Å². The van der Waals surface area contributed by atoms with Gasteiger partial charge in [-0.2, -0.15) is 26.3 Å². The molecule has 1 rings (SSSR count). The molecule has 1 aliphatic rings. The lowest BCUT2D eigenvalue weighted by Gasteiger charge is -2.47. The van der Waals surface area contributed by atoms with Crippen molar-refractivity contribution < 1.29 is 55.6 Å². The number of esters is 1. The van der Waals surface area contributed by atoms with Gasteiger partial charge in [0.05, 0.1) is 0 Å². The van der Waals surface area contributed by atoms with E-state index in [1.807, 2.05) is 0 Å². The topological polar surface area (TPSA) is 105 Å². The molecule has 7 nitrogen and oxygen atoms in total. The molecule has 0 aromatic carbocycles. The predicted molar refractivity (Wildman–Crippen MR) is 61.0 cm³/mol. The van der Waals surface area contributed by atoms with Crippen LogP contribution in [0.5, 0.6) is 0 Å². The minimum atomic E-state index is -5.59. The maximum atomic E-state index is 12.3. The highest BCUT2D eigenvalue weighted by atomic mass is 35.5. The minimum Gasteiger partial charge on any atom is -0.421 e. The van der Waals surface area contributed by atoms with Crippen molar-refractivity contribution in [3.8, 4) is 0 Å². The molecular weight excluding hydrogens is 380 g/mol. The lowest BCUT2D eigenvalue weighted by Crippen LogP contribution is -2.69. The van der Waals surface area contributed by atoms with Gasteiger partial charge in [0.15, 0.2) is 0 Å². The summed E-state index contributed by atoms with van der Waals surface area (Å²) in [6, 6.07) is -2.36. The van der Waals surface area contributed by atoms with Gasteiger partial charge < -0.3 is 25.0 Å². The Morgan fingerprint density at radius 3 is 2.12 bits per heavy atom. The summed E-state index contributed by atoms with van der Waals surface area (Å²) >= 11 is 5.34. The van der Waals surface area contributed by atoms with Crippen LogP contribution in [0.1, 0.15) is 13.3 Å². The highest BCUT2D eigenvalue weighted by Crippen LogP contribution is 2.38. The first-order chi connectivity index (χ1) is 10.5. The number of hydrogen-bond acceptors (Lipinski definition) is 6. The van der Waals surface area contributed by atoms with Crippen LogP contribution >= 0.6 is 11.6 Å². The van der Waals surface area contributed by atoms with Gasteiger partial charge in [-0.1, -0.05) is 11.6 Å². The molecule has 0 saturated carbocycles. The number of halogens is 7. The quantitative estimate of drug-likeness (QED) is 0.275. The van der Waals surface area contributed by atoms with Crippen LogP contribution < -0.4 is 5.32 Å². The van der Waals surface area contributed by atoms with E-state index in [4.69, 9.17) is 11.6 Å². The van der Waals surface area contributed by atoms with Gasteiger partial charge in [0.2, 0.25) is 5.25 Å². The largest absolute Gasteiger partial charge is 0.491 e. The van der Waals surface area contributed by atoms with Crippen LogP contribution in [0.2, 0.25) is 0 Å². The first-order valence-corrected chi connectivity index (χ1v) is 6.36. The van der Waals surface area contributed by atoms with Gasteiger partial charge >= 0.3 is 24.2 Å². The second-order valence-electron chi connectivity index (χ2n) is 4.82. The van der Waals surface area contributed by atoms with Crippen molar-refractivity contribution in [3.63, 3.8) is 0 Å². The van der Waals surface area contributed by atoms with E-state index in [0.717, 1.165) is 12.2 Å². The standard InChI is InChI=1S/C10H10ClF6NO6/c1-3-8(22,24-6(20)10(15,16)17)4(2-7(11,21)23-3)18-5(19)9(12,13)14/h3-4,21-22H,2H2,1H3,(H,18,19)/t3-,4+,7-,8-/m1/s1. The molecule has 0 aliphatic carbocycles. The number of hydrogen-bond donors (Lipinski definition) is 3. The molecule has 0 unspecified atom stereocenters. The number of alkyl halides is 7. The van der Waals surface area contributed by atoms with E-state index in [-0.39, 0.29) is 0 Å². The first-order valence-electron chi connectivity index (χ1n) is 5.98. The van der Waals surface area contributed by atoms with Gasteiger partial charge in [-0.15, -0.1) is 0 Å². The summed E-state index contributed by atoms with van der Waals surface area (Å²) in [5.41, 5.74) is 0. The van der Waals surface area contributed by atoms with Gasteiger partial charge in [-0.3, -0.25) is 4.79 Å². The molecule has 0 radical (unpaired) electrons. The Kier molecular flexibility index (Phi) is 5.36. The van der Waals surface area contributed by atoms with Crippen LogP contribution in [0, 0.1) is 0 Å². The summed E-state index contributed by atoms with van der Waals surface area (Å²) in [5.74, 6) is -9.00. The summed E-state index contributed by atoms with van der Waals surface area (Å²) in [6.07, 6.45) is -14.3. The molecule has 3 N–H and O–H groups in total. The van der Waals surface area contributed by atoms with Gasteiger partial charge in [-0.05, 0) is 6.92 Å². The molecule has 1 heterocycles. The second kappa shape index (κ2) is 6.20. The third-order valence-electron chi connectivity index (χ3n) is 2.95. The Bertz CT molecular complexity index is 523. The Morgan fingerprint density at radius 2 is 1.71 bits per heavy atom. The van der Waals surface area contributed by atoms with E-state index in [1.54, 1.807) is 0 Å². The van der Waals surface area contributed by atoms with Crippen molar-refractivity contribution in [3.05, 3.63) is 0 Å². The molecular formula is C10H10ClF6NO6. The van der Waals surface area contributed by atoms with Crippen LogP contribution in [0.15, 0.2) is 0 Å². The van der Waals surface area contributed by atoms with E-state index in [0.29, 0.717) is 0 Å². The summed E-state index contributed by atoms with van der Waals surface area (Å²) in [6.45, 7) is 0.753. The molecule has 24 heavy (non-hydrogen) atoms. The second-order valence-corrected chi connectivity index (χ2v) is 5.41. The zero-order valence-corrected chi connectivity index (χ0v) is 12.3. The maximum absolute atomic E-state index is 12.3. The first kappa shape index (κ1) is 20.7. The Labute approximate surface area is 134 Å². The number of rotatable bonds is 2. The Morgan fingerprint density at radius 1 is 1.21 bits per heavy atom. The lowest BCUT2D eigenvalue weighted by atomic mass is 9.94. The smallest absolute Gasteiger partial charge is 0.421 e. The summed E-state index contributed by atoms with van der Waals surface area (Å²) in [4.78, 5) is 21.8. The minimum absolute atomic E-state index is 0.753. The number of ether oxygens (including phenoxy) is 2. The summed E-state index contributed by atoms with van der Waals surface area (Å²) in [5, 5.41) is 17.9. The van der Waals surface area contributed by atoms with Crippen LogP contribution in [-0.2, 0) is 19.1 Å². The monoisotopic (exact) mass is 389 g/mol. The van der Waals surface area contributed by atoms with Crippen LogP contribution in [0.25, 0.3) is 0 Å². The third kappa shape index (κ3) is 4.62. The Hall–Kier alpha value is -1.31. The van der Waals surface area contributed by atoms with Gasteiger partial charge in [-0.25, -0.2) is 4.79 Å². The predicted octanol–water partition coefficient (Wildman–Crippen LogP) is 0.521. The van der Waals surface area contributed by atoms with E-state index >= 15 is 0 Å². The van der Waals surface area contributed by atoms with Crippen molar-refractivity contribution in [2.45, 2.75) is 48.9 Å². The van der Waals surface area contributed by atoms with Crippen molar-refractivity contribution >= 4 is 23.5 Å². The maximum Gasteiger partial charge on any atom is 0.491 e. The van der Waals surface area contributed by atoms with Crippen LogP contribution in [-0.4, -0.2) is 57.6 Å². The normalized spacial score (nSPS) is 34.6. The van der Waals surface area contributed by atoms with Crippen molar-refractivity contribution in [2.24, 2.45) is 0 Å². The number of aliphatic hydroxyl groups is 2. The molecule has 0 spiro atoms. The third-order valence-corrected chi connectivity index (χ3v) is 3.19. The average molecular weight is 390 g/mol. The fourth-order valence-electron chi connectivity index (χ4n) is 1.84. The summed E-state index contributed by atoms with van der Waals surface area (Å²) in [7, 11) is 0. The number of nitrogens with one attached hydrogen (secondary N) is 1. The highest BCUT2D eigenvalue weighted by molar-refractivity contribution is 6.21. The van der Waals surface area contributed by atoms with Gasteiger partial charge in [0.25, 0.3) is 5.79 Å². The van der Waals surface area contributed by atoms with Crippen molar-refractivity contribution in [1.82, 2.24) is 5.32 Å². The Balaban J connectivity index is 3.15. The molecule has 0 bridgehead atoms. The van der Waals surface area contributed by atoms with Crippen LogP contribution in [0.4, 0.5) is 26.3 Å². The fourth-order valence-corrected chi connectivity index (χ4v) is 2.13. The molecule has 1 amide bonds. The zero-order valence-electron chi connectivity index (χ0n) is 11.5. The number of carbonyl (C=O) groups is 2. The van der Waals surface area contributed by atoms with E-state index in [2.05, 4.69) is 9.47 Å². The molecule has 0 aromatic heterocycles. The zero-order chi connectivity index (χ0) is 19.1. The van der Waals surface area contributed by atoms with Crippen molar-refractivity contribution in [1.29, 1.82) is 0 Å². The fraction of sp³-hybridized carbons (Fsp3) is 0.800.